The molecule has 23 heavy (non-hydrogen) atoms. The Hall–Kier alpha value is -1.93. The molecule has 1 aromatic heterocycles. The first-order valence-electron chi connectivity index (χ1n) is 7.07. The van der Waals surface area contributed by atoms with E-state index in [2.05, 4.69) is 14.6 Å². The molecular weight excluding hydrogens is 324 g/mol. The molecule has 0 fully saturated rings. The maximum absolute atomic E-state index is 12.4. The third kappa shape index (κ3) is 5.33. The van der Waals surface area contributed by atoms with Gasteiger partial charge in [0.05, 0.1) is 6.61 Å². The van der Waals surface area contributed by atoms with Crippen LogP contribution < -0.4 is 15.2 Å². The van der Waals surface area contributed by atoms with Crippen LogP contribution in [0.3, 0.4) is 0 Å². The number of nitrogens with two attached hydrogens (primary N) is 1. The van der Waals surface area contributed by atoms with Crippen LogP contribution in [0, 0.1) is 0 Å². The fourth-order valence-electron chi connectivity index (χ4n) is 2.14. The molecule has 0 bridgehead atoms. The highest BCUT2D eigenvalue weighted by atomic mass is 32.1. The van der Waals surface area contributed by atoms with Crippen molar-refractivity contribution in [2.75, 3.05) is 19.4 Å². The molecule has 0 aliphatic carbocycles. The molecule has 2 N–H and O–H groups in total. The molecule has 2 rings (SSSR count). The van der Waals surface area contributed by atoms with E-state index in [0.29, 0.717) is 30.6 Å². The Morgan fingerprint density at radius 2 is 2.09 bits per heavy atom. The lowest BCUT2D eigenvalue weighted by molar-refractivity contribution is -0.0514. The Morgan fingerprint density at radius 3 is 2.70 bits per heavy atom. The third-order valence-electron chi connectivity index (χ3n) is 2.97. The molecule has 0 radical (unpaired) electrons. The quantitative estimate of drug-likeness (QED) is 0.796. The molecular formula is C15H19F2N3O2S. The summed E-state index contributed by atoms with van der Waals surface area (Å²) in [6.07, 6.45) is 1.75. The Bertz CT molecular complexity index is 637. The van der Waals surface area contributed by atoms with Crippen LogP contribution in [-0.4, -0.2) is 30.1 Å². The number of benzene rings is 1. The van der Waals surface area contributed by atoms with Gasteiger partial charge in [0.25, 0.3) is 0 Å². The van der Waals surface area contributed by atoms with Gasteiger partial charge in [0.15, 0.2) is 16.6 Å². The van der Waals surface area contributed by atoms with Crippen molar-refractivity contribution in [1.29, 1.82) is 0 Å². The first kappa shape index (κ1) is 17.4. The van der Waals surface area contributed by atoms with E-state index in [1.807, 2.05) is 7.05 Å². The largest absolute Gasteiger partial charge is 0.490 e. The first-order valence-corrected chi connectivity index (χ1v) is 7.88. The summed E-state index contributed by atoms with van der Waals surface area (Å²) < 4.78 is 34.6. The van der Waals surface area contributed by atoms with E-state index in [9.17, 15) is 8.78 Å². The van der Waals surface area contributed by atoms with Gasteiger partial charge in [-0.2, -0.15) is 8.78 Å². The Morgan fingerprint density at radius 1 is 1.30 bits per heavy atom. The predicted octanol–water partition coefficient (Wildman–Crippen LogP) is 3.36. The fraction of sp³-hybridized carbons (Fsp3) is 0.400. The van der Waals surface area contributed by atoms with E-state index in [-0.39, 0.29) is 5.75 Å². The Kier molecular flexibility index (Phi) is 6.12. The maximum Gasteiger partial charge on any atom is 0.387 e. The zero-order valence-corrected chi connectivity index (χ0v) is 13.8. The average Bonchev–Trinajstić information content (AvgIpc) is 2.86. The van der Waals surface area contributed by atoms with Crippen LogP contribution in [0.15, 0.2) is 24.4 Å². The smallest absolute Gasteiger partial charge is 0.387 e. The van der Waals surface area contributed by atoms with Crippen molar-refractivity contribution in [3.05, 3.63) is 34.8 Å². The van der Waals surface area contributed by atoms with Gasteiger partial charge in [-0.25, -0.2) is 4.98 Å². The van der Waals surface area contributed by atoms with Gasteiger partial charge in [0, 0.05) is 24.2 Å². The number of thiazole rings is 1. The van der Waals surface area contributed by atoms with Crippen LogP contribution in [0.25, 0.3) is 0 Å². The molecule has 5 nitrogen and oxygen atoms in total. The minimum absolute atomic E-state index is 0.0449. The van der Waals surface area contributed by atoms with Crippen LogP contribution in [-0.2, 0) is 13.1 Å². The van der Waals surface area contributed by atoms with E-state index in [0.717, 1.165) is 10.4 Å². The van der Waals surface area contributed by atoms with Crippen molar-refractivity contribution in [1.82, 2.24) is 9.88 Å². The highest BCUT2D eigenvalue weighted by Gasteiger charge is 2.12. The monoisotopic (exact) mass is 343 g/mol. The summed E-state index contributed by atoms with van der Waals surface area (Å²) in [6.45, 7) is 0.624. The molecule has 0 unspecified atom stereocenters. The van der Waals surface area contributed by atoms with E-state index in [1.54, 1.807) is 25.3 Å². The Labute approximate surface area is 137 Å². The lowest BCUT2D eigenvalue weighted by Crippen LogP contribution is -2.16. The zero-order valence-electron chi connectivity index (χ0n) is 13.0. The number of rotatable bonds is 8. The van der Waals surface area contributed by atoms with Gasteiger partial charge in [-0.3, -0.25) is 4.90 Å². The molecule has 0 spiro atoms. The van der Waals surface area contributed by atoms with Crippen LogP contribution in [0.2, 0.25) is 0 Å². The van der Waals surface area contributed by atoms with Gasteiger partial charge in [-0.1, -0.05) is 6.07 Å². The standard InChI is InChI=1S/C15H19F2N3O2S/c1-3-21-13-6-10(4-5-12(13)22-14(16)17)8-20(2)9-11-7-19-15(18)23-11/h4-7,14H,3,8-9H2,1-2H3,(H2,18,19). The third-order valence-corrected chi connectivity index (χ3v) is 3.78. The van der Waals surface area contributed by atoms with Crippen molar-refractivity contribution in [2.24, 2.45) is 0 Å². The molecule has 0 aliphatic rings. The lowest BCUT2D eigenvalue weighted by atomic mass is 10.2. The number of ether oxygens (including phenoxy) is 2. The molecule has 0 amide bonds. The summed E-state index contributed by atoms with van der Waals surface area (Å²) in [7, 11) is 1.96. The molecule has 0 aliphatic heterocycles. The molecule has 2 aromatic rings. The summed E-state index contributed by atoms with van der Waals surface area (Å²) in [6, 6.07) is 4.97. The SMILES string of the molecule is CCOc1cc(CN(C)Cc2cnc(N)s2)ccc1OC(F)F. The number of aromatic nitrogens is 1. The van der Waals surface area contributed by atoms with E-state index >= 15 is 0 Å². The highest BCUT2D eigenvalue weighted by Crippen LogP contribution is 2.30. The van der Waals surface area contributed by atoms with Crippen molar-refractivity contribution in [3.8, 4) is 11.5 Å². The second-order valence-electron chi connectivity index (χ2n) is 4.93. The van der Waals surface area contributed by atoms with Crippen LogP contribution in [0.1, 0.15) is 17.4 Å². The summed E-state index contributed by atoms with van der Waals surface area (Å²) in [5.74, 6) is 0.365. The minimum atomic E-state index is -2.88. The fourth-order valence-corrected chi connectivity index (χ4v) is 2.91. The number of halogens is 2. The Balaban J connectivity index is 2.05. The van der Waals surface area contributed by atoms with Gasteiger partial charge < -0.3 is 15.2 Å². The molecule has 126 valence electrons. The van der Waals surface area contributed by atoms with Crippen molar-refractivity contribution < 1.29 is 18.3 Å². The molecule has 8 heteroatoms. The van der Waals surface area contributed by atoms with Gasteiger partial charge in [0.1, 0.15) is 0 Å². The maximum atomic E-state index is 12.4. The molecule has 1 heterocycles. The second kappa shape index (κ2) is 8.07. The average molecular weight is 343 g/mol. The number of hydrogen-bond donors (Lipinski definition) is 1. The van der Waals surface area contributed by atoms with Crippen LogP contribution in [0.4, 0.5) is 13.9 Å². The van der Waals surface area contributed by atoms with Gasteiger partial charge in [-0.15, -0.1) is 11.3 Å². The summed E-state index contributed by atoms with van der Waals surface area (Å²) in [5, 5.41) is 0.542. The van der Waals surface area contributed by atoms with Crippen LogP contribution in [0.5, 0.6) is 11.5 Å². The predicted molar refractivity (Wildman–Crippen MR) is 85.9 cm³/mol. The number of nitrogens with zero attached hydrogens (tertiary/aromatic N) is 2. The highest BCUT2D eigenvalue weighted by molar-refractivity contribution is 7.15. The summed E-state index contributed by atoms with van der Waals surface area (Å²) >= 11 is 1.44. The molecule has 0 saturated carbocycles. The van der Waals surface area contributed by atoms with Crippen LogP contribution >= 0.6 is 11.3 Å². The summed E-state index contributed by atoms with van der Waals surface area (Å²) in [5.41, 5.74) is 6.55. The van der Waals surface area contributed by atoms with Gasteiger partial charge in [-0.05, 0) is 31.7 Å². The van der Waals surface area contributed by atoms with Crippen molar-refractivity contribution >= 4 is 16.5 Å². The topological polar surface area (TPSA) is 60.6 Å². The number of hydrogen-bond acceptors (Lipinski definition) is 6. The van der Waals surface area contributed by atoms with E-state index in [1.165, 1.54) is 17.4 Å². The molecule has 1 aromatic carbocycles. The second-order valence-corrected chi connectivity index (χ2v) is 6.08. The van der Waals surface area contributed by atoms with Crippen molar-refractivity contribution in [2.45, 2.75) is 26.6 Å². The molecule has 0 atom stereocenters. The number of nitrogen functional groups attached to an aromatic ring is 1. The van der Waals surface area contributed by atoms with E-state index in [4.69, 9.17) is 10.5 Å². The minimum Gasteiger partial charge on any atom is -0.490 e. The van der Waals surface area contributed by atoms with Crippen molar-refractivity contribution in [3.63, 3.8) is 0 Å². The normalized spacial score (nSPS) is 11.2. The first-order chi connectivity index (χ1) is 11.0. The zero-order chi connectivity index (χ0) is 16.8. The summed E-state index contributed by atoms with van der Waals surface area (Å²) in [4.78, 5) is 7.15. The van der Waals surface area contributed by atoms with Gasteiger partial charge in [0.2, 0.25) is 0 Å². The van der Waals surface area contributed by atoms with Gasteiger partial charge >= 0.3 is 6.61 Å². The molecule has 0 saturated heterocycles. The lowest BCUT2D eigenvalue weighted by Gasteiger charge is -2.17. The number of alkyl halides is 2. The van der Waals surface area contributed by atoms with E-state index < -0.39 is 6.61 Å². The number of anilines is 1.